The Hall–Kier alpha value is -0.450. The van der Waals surface area contributed by atoms with E-state index in [0.717, 1.165) is 77.3 Å². The highest BCUT2D eigenvalue weighted by atomic mass is 127. The van der Waals surface area contributed by atoms with E-state index in [1.165, 1.54) is 9.88 Å². The molecule has 1 aliphatic rings. The summed E-state index contributed by atoms with van der Waals surface area (Å²) in [4.78, 5) is 12.9. The van der Waals surface area contributed by atoms with Crippen LogP contribution >= 0.6 is 35.3 Å². The van der Waals surface area contributed by atoms with E-state index in [1.807, 2.05) is 6.20 Å². The van der Waals surface area contributed by atoms with E-state index in [4.69, 9.17) is 0 Å². The van der Waals surface area contributed by atoms with Gasteiger partial charge in [0, 0.05) is 50.2 Å². The van der Waals surface area contributed by atoms with Gasteiger partial charge >= 0.3 is 0 Å². The monoisotopic (exact) mass is 495 g/mol. The number of hydrogen-bond donors (Lipinski definition) is 3. The lowest BCUT2D eigenvalue weighted by Gasteiger charge is -2.29. The van der Waals surface area contributed by atoms with Gasteiger partial charge in [0.05, 0.1) is 11.1 Å². The summed E-state index contributed by atoms with van der Waals surface area (Å²) in [5.74, 6) is 0.892. The maximum Gasteiger partial charge on any atom is 0.191 e. The van der Waals surface area contributed by atoms with Gasteiger partial charge in [-0.25, -0.2) is 4.98 Å². The lowest BCUT2D eigenvalue weighted by Crippen LogP contribution is -2.39. The van der Waals surface area contributed by atoms with Crippen LogP contribution < -0.4 is 10.6 Å². The van der Waals surface area contributed by atoms with Crippen molar-refractivity contribution in [3.63, 3.8) is 0 Å². The van der Waals surface area contributed by atoms with Gasteiger partial charge in [-0.1, -0.05) is 6.92 Å². The number of aromatic nitrogens is 1. The number of aliphatic imine (C=N–C) groups is 1. The van der Waals surface area contributed by atoms with Crippen molar-refractivity contribution in [2.24, 2.45) is 4.99 Å². The number of aliphatic hydroxyl groups is 1. The summed E-state index contributed by atoms with van der Waals surface area (Å²) < 4.78 is 0. The fraction of sp³-hybridized carbons (Fsp3) is 0.778. The van der Waals surface area contributed by atoms with Gasteiger partial charge in [0.1, 0.15) is 0 Å². The van der Waals surface area contributed by atoms with E-state index in [0.29, 0.717) is 0 Å². The summed E-state index contributed by atoms with van der Waals surface area (Å²) in [5.41, 5.74) is 0. The fourth-order valence-electron chi connectivity index (χ4n) is 2.88. The molecular formula is C18H34IN5OS. The molecule has 1 aromatic heterocycles. The second-order valence-corrected chi connectivity index (χ2v) is 7.64. The van der Waals surface area contributed by atoms with Gasteiger partial charge in [0.15, 0.2) is 5.96 Å². The number of aryl methyl sites for hydroxylation is 1. The number of halogens is 1. The molecule has 0 atom stereocenters. The van der Waals surface area contributed by atoms with Crippen LogP contribution in [0.5, 0.6) is 0 Å². The lowest BCUT2D eigenvalue weighted by atomic mass is 10.1. The zero-order valence-corrected chi connectivity index (χ0v) is 19.2. The Bertz CT molecular complexity index is 517. The largest absolute Gasteiger partial charge is 0.393 e. The molecule has 6 nitrogen and oxygen atoms in total. The molecule has 0 aliphatic carbocycles. The highest BCUT2D eigenvalue weighted by Crippen LogP contribution is 2.13. The van der Waals surface area contributed by atoms with Crippen LogP contribution in [0.25, 0.3) is 0 Å². The lowest BCUT2D eigenvalue weighted by molar-refractivity contribution is 0.0824. The molecule has 1 fully saturated rings. The van der Waals surface area contributed by atoms with Gasteiger partial charge in [0.2, 0.25) is 0 Å². The van der Waals surface area contributed by atoms with Gasteiger partial charge in [-0.05, 0) is 39.2 Å². The Morgan fingerprint density at radius 2 is 2.12 bits per heavy atom. The van der Waals surface area contributed by atoms with Crippen molar-refractivity contribution in [3.8, 4) is 0 Å². The second-order valence-electron chi connectivity index (χ2n) is 6.44. The third-order valence-electron chi connectivity index (χ3n) is 4.38. The minimum Gasteiger partial charge on any atom is -0.393 e. The first-order chi connectivity index (χ1) is 12.2. The van der Waals surface area contributed by atoms with E-state index in [-0.39, 0.29) is 30.1 Å². The Morgan fingerprint density at radius 1 is 1.35 bits per heavy atom. The number of nitrogens with one attached hydrogen (secondary N) is 2. The van der Waals surface area contributed by atoms with Crippen LogP contribution in [0.2, 0.25) is 0 Å². The van der Waals surface area contributed by atoms with Gasteiger partial charge in [-0.15, -0.1) is 35.3 Å². The Kier molecular flexibility index (Phi) is 12.4. The molecule has 0 bridgehead atoms. The number of likely N-dealkylation sites (tertiary alicyclic amines) is 1. The number of guanidine groups is 1. The maximum absolute atomic E-state index is 9.54. The van der Waals surface area contributed by atoms with E-state index >= 15 is 0 Å². The first-order valence-electron chi connectivity index (χ1n) is 9.57. The van der Waals surface area contributed by atoms with Crippen molar-refractivity contribution in [1.29, 1.82) is 0 Å². The SMILES string of the molecule is CCNC(=NCCCN1CCC(O)CC1)NCCc1ncc(CC)s1.I. The number of piperidine rings is 1. The minimum atomic E-state index is -0.0925. The molecule has 1 aromatic rings. The third kappa shape index (κ3) is 8.96. The van der Waals surface area contributed by atoms with Gasteiger partial charge < -0.3 is 20.6 Å². The molecule has 0 radical (unpaired) electrons. The van der Waals surface area contributed by atoms with Crippen LogP contribution in [-0.2, 0) is 12.8 Å². The quantitative estimate of drug-likeness (QED) is 0.212. The van der Waals surface area contributed by atoms with Gasteiger partial charge in [0.25, 0.3) is 0 Å². The molecular weight excluding hydrogens is 461 g/mol. The predicted octanol–water partition coefficient (Wildman–Crippen LogP) is 2.27. The van der Waals surface area contributed by atoms with Crippen LogP contribution in [0.4, 0.5) is 0 Å². The van der Waals surface area contributed by atoms with Gasteiger partial charge in [-0.2, -0.15) is 0 Å². The number of hydrogen-bond acceptors (Lipinski definition) is 5. The first kappa shape index (κ1) is 23.6. The van der Waals surface area contributed by atoms with Crippen LogP contribution in [0.1, 0.15) is 43.0 Å². The highest BCUT2D eigenvalue weighted by molar-refractivity contribution is 14.0. The van der Waals surface area contributed by atoms with Crippen molar-refractivity contribution in [3.05, 3.63) is 16.1 Å². The van der Waals surface area contributed by atoms with E-state index in [9.17, 15) is 5.11 Å². The summed E-state index contributed by atoms with van der Waals surface area (Å²) in [6.45, 7) is 9.88. The molecule has 8 heteroatoms. The van der Waals surface area contributed by atoms with Crippen LogP contribution in [0.3, 0.4) is 0 Å². The van der Waals surface area contributed by atoms with Crippen LogP contribution in [0, 0.1) is 0 Å². The number of nitrogens with zero attached hydrogens (tertiary/aromatic N) is 3. The number of rotatable bonds is 9. The predicted molar refractivity (Wildman–Crippen MR) is 121 cm³/mol. The van der Waals surface area contributed by atoms with Crippen molar-refractivity contribution in [1.82, 2.24) is 20.5 Å². The zero-order chi connectivity index (χ0) is 17.9. The Labute approximate surface area is 178 Å². The normalized spacial score (nSPS) is 16.3. The highest BCUT2D eigenvalue weighted by Gasteiger charge is 2.15. The van der Waals surface area contributed by atoms with E-state index in [1.54, 1.807) is 11.3 Å². The van der Waals surface area contributed by atoms with E-state index in [2.05, 4.69) is 39.4 Å². The van der Waals surface area contributed by atoms with E-state index < -0.39 is 0 Å². The van der Waals surface area contributed by atoms with Crippen molar-refractivity contribution < 1.29 is 5.11 Å². The molecule has 2 heterocycles. The molecule has 150 valence electrons. The molecule has 0 aromatic carbocycles. The smallest absolute Gasteiger partial charge is 0.191 e. The molecule has 26 heavy (non-hydrogen) atoms. The van der Waals surface area contributed by atoms with Crippen molar-refractivity contribution >= 4 is 41.3 Å². The molecule has 3 N–H and O–H groups in total. The average Bonchev–Trinajstić information content (AvgIpc) is 3.08. The number of aliphatic hydroxyl groups excluding tert-OH is 1. The first-order valence-corrected chi connectivity index (χ1v) is 10.4. The summed E-state index contributed by atoms with van der Waals surface area (Å²) in [6.07, 6.45) is 6.76. The summed E-state index contributed by atoms with van der Waals surface area (Å²) in [7, 11) is 0. The van der Waals surface area contributed by atoms with Gasteiger partial charge in [-0.3, -0.25) is 4.99 Å². The minimum absolute atomic E-state index is 0. The molecule has 0 amide bonds. The standard InChI is InChI=1S/C18H33N5OS.HI/c1-3-16-14-22-17(25-16)6-10-21-18(19-4-2)20-9-5-11-23-12-7-15(24)8-13-23;/h14-15,24H,3-13H2,1-2H3,(H2,19,20,21);1H. The van der Waals surface area contributed by atoms with Crippen LogP contribution in [-0.4, -0.2) is 66.3 Å². The second kappa shape index (κ2) is 13.7. The fourth-order valence-corrected chi connectivity index (χ4v) is 3.75. The molecule has 1 aliphatic heterocycles. The molecule has 1 saturated heterocycles. The Balaban J connectivity index is 0.00000338. The molecule has 0 saturated carbocycles. The van der Waals surface area contributed by atoms with Crippen molar-refractivity contribution in [2.75, 3.05) is 39.3 Å². The molecule has 2 rings (SSSR count). The van der Waals surface area contributed by atoms with Crippen LogP contribution in [0.15, 0.2) is 11.2 Å². The summed E-state index contributed by atoms with van der Waals surface area (Å²) in [6, 6.07) is 0. The topological polar surface area (TPSA) is 72.8 Å². The summed E-state index contributed by atoms with van der Waals surface area (Å²) >= 11 is 1.80. The molecule has 0 unspecified atom stereocenters. The average molecular weight is 495 g/mol. The van der Waals surface area contributed by atoms with Crippen molar-refractivity contribution in [2.45, 2.75) is 52.1 Å². The molecule has 0 spiro atoms. The Morgan fingerprint density at radius 3 is 2.77 bits per heavy atom. The third-order valence-corrected chi connectivity index (χ3v) is 5.59. The summed E-state index contributed by atoms with van der Waals surface area (Å²) in [5, 5.41) is 17.4. The zero-order valence-electron chi connectivity index (χ0n) is 16.0. The maximum atomic E-state index is 9.54. The number of thiazole rings is 1.